The van der Waals surface area contributed by atoms with Gasteiger partial charge in [-0.25, -0.2) is 9.59 Å². The van der Waals surface area contributed by atoms with Crippen molar-refractivity contribution in [2.45, 2.75) is 18.8 Å². The molecule has 0 aliphatic carbocycles. The van der Waals surface area contributed by atoms with Gasteiger partial charge in [-0.15, -0.1) is 5.10 Å². The first-order valence-electron chi connectivity index (χ1n) is 9.16. The Morgan fingerprint density at radius 3 is 2.43 bits per heavy atom. The first-order chi connectivity index (χ1) is 13.6. The Morgan fingerprint density at radius 1 is 1.07 bits per heavy atom. The number of nitrogens with one attached hydrogen (secondary N) is 2. The van der Waals surface area contributed by atoms with Gasteiger partial charge in [-0.05, 0) is 49.2 Å². The van der Waals surface area contributed by atoms with E-state index in [1.165, 1.54) is 4.68 Å². The highest BCUT2D eigenvalue weighted by Crippen LogP contribution is 2.25. The summed E-state index contributed by atoms with van der Waals surface area (Å²) >= 11 is 5.87. The van der Waals surface area contributed by atoms with Crippen LogP contribution in [0.5, 0.6) is 0 Å². The summed E-state index contributed by atoms with van der Waals surface area (Å²) in [7, 11) is 0. The van der Waals surface area contributed by atoms with Gasteiger partial charge in [0.25, 0.3) is 0 Å². The molecule has 7 nitrogen and oxygen atoms in total. The molecule has 0 atom stereocenters. The van der Waals surface area contributed by atoms with Crippen molar-refractivity contribution in [2.75, 3.05) is 18.4 Å². The predicted octanol–water partition coefficient (Wildman–Crippen LogP) is 3.63. The lowest BCUT2D eigenvalue weighted by atomic mass is 9.96. The fraction of sp³-hybridized carbons (Fsp3) is 0.250. The minimum atomic E-state index is -0.246. The first-order valence-corrected chi connectivity index (χ1v) is 9.54. The van der Waals surface area contributed by atoms with Gasteiger partial charge in [0.1, 0.15) is 5.82 Å². The number of hydrogen-bond donors (Lipinski definition) is 2. The van der Waals surface area contributed by atoms with Crippen LogP contribution in [0.2, 0.25) is 5.02 Å². The van der Waals surface area contributed by atoms with Crippen LogP contribution in [0, 0.1) is 0 Å². The second-order valence-electron chi connectivity index (χ2n) is 6.76. The molecule has 4 rings (SSSR count). The number of hydrogen-bond acceptors (Lipinski definition) is 3. The average Bonchev–Trinajstić information content (AvgIpc) is 3.12. The van der Waals surface area contributed by atoms with E-state index in [1.54, 1.807) is 29.2 Å². The number of piperidine rings is 1. The molecule has 8 heteroatoms. The highest BCUT2D eigenvalue weighted by atomic mass is 35.5. The largest absolute Gasteiger partial charge is 0.348 e. The molecule has 2 heterocycles. The van der Waals surface area contributed by atoms with Crippen LogP contribution in [-0.4, -0.2) is 38.8 Å². The normalized spacial score (nSPS) is 14.8. The lowest BCUT2D eigenvalue weighted by Crippen LogP contribution is -2.40. The zero-order chi connectivity index (χ0) is 19.5. The topological polar surface area (TPSA) is 83.0 Å². The SMILES string of the molecule is O=C(Nc1ccc(Cl)cc1)N1CCC(c2nn(-c3ccccc3)c(=O)[nH]2)CC1. The van der Waals surface area contributed by atoms with Crippen molar-refractivity contribution in [3.63, 3.8) is 0 Å². The first kappa shape index (κ1) is 18.3. The maximum Gasteiger partial charge on any atom is 0.348 e. The molecule has 2 amide bonds. The predicted molar refractivity (Wildman–Crippen MR) is 108 cm³/mol. The number of para-hydroxylation sites is 1. The van der Waals surface area contributed by atoms with E-state index >= 15 is 0 Å². The average molecular weight is 398 g/mol. The van der Waals surface area contributed by atoms with Crippen LogP contribution in [0.3, 0.4) is 0 Å². The molecule has 1 fully saturated rings. The van der Waals surface area contributed by atoms with Crippen molar-refractivity contribution in [3.8, 4) is 5.69 Å². The summed E-state index contributed by atoms with van der Waals surface area (Å²) in [6, 6.07) is 16.2. The Balaban J connectivity index is 1.38. The summed E-state index contributed by atoms with van der Waals surface area (Å²) in [5.74, 6) is 0.795. The van der Waals surface area contributed by atoms with Crippen LogP contribution >= 0.6 is 11.6 Å². The van der Waals surface area contributed by atoms with Crippen LogP contribution in [-0.2, 0) is 0 Å². The van der Waals surface area contributed by atoms with Gasteiger partial charge in [-0.3, -0.25) is 4.98 Å². The smallest absolute Gasteiger partial charge is 0.324 e. The minimum absolute atomic E-state index is 0.122. The van der Waals surface area contributed by atoms with Crippen molar-refractivity contribution in [1.82, 2.24) is 19.7 Å². The van der Waals surface area contributed by atoms with Gasteiger partial charge < -0.3 is 10.2 Å². The maximum absolute atomic E-state index is 12.4. The Hall–Kier alpha value is -3.06. The van der Waals surface area contributed by atoms with Gasteiger partial charge in [-0.1, -0.05) is 29.8 Å². The van der Waals surface area contributed by atoms with Crippen molar-refractivity contribution in [2.24, 2.45) is 0 Å². The number of nitrogens with zero attached hydrogens (tertiary/aromatic N) is 3. The Bertz CT molecular complexity index is 1010. The van der Waals surface area contributed by atoms with E-state index in [2.05, 4.69) is 15.4 Å². The number of likely N-dealkylation sites (tertiary alicyclic amines) is 1. The lowest BCUT2D eigenvalue weighted by Gasteiger charge is -2.31. The standard InChI is InChI=1S/C20H20ClN5O2/c21-15-6-8-16(9-7-15)22-19(27)25-12-10-14(11-13-25)18-23-20(28)26(24-18)17-4-2-1-3-5-17/h1-9,14H,10-13H2,(H,22,27)(H,23,24,28). The third-order valence-corrected chi connectivity index (χ3v) is 5.15. The molecule has 0 bridgehead atoms. The van der Waals surface area contributed by atoms with Crippen LogP contribution in [0.1, 0.15) is 24.6 Å². The number of aromatic nitrogens is 3. The minimum Gasteiger partial charge on any atom is -0.324 e. The van der Waals surface area contributed by atoms with E-state index in [0.717, 1.165) is 18.5 Å². The Kier molecular flexibility index (Phi) is 5.16. The molecule has 1 aromatic heterocycles. The van der Waals surface area contributed by atoms with Crippen LogP contribution in [0.25, 0.3) is 5.69 Å². The van der Waals surface area contributed by atoms with E-state index in [9.17, 15) is 9.59 Å². The second kappa shape index (κ2) is 7.90. The van der Waals surface area contributed by atoms with E-state index in [4.69, 9.17) is 11.6 Å². The molecule has 144 valence electrons. The molecule has 0 unspecified atom stereocenters. The van der Waals surface area contributed by atoms with Crippen LogP contribution in [0.4, 0.5) is 10.5 Å². The van der Waals surface area contributed by atoms with Crippen LogP contribution in [0.15, 0.2) is 59.4 Å². The van der Waals surface area contributed by atoms with Crippen molar-refractivity contribution >= 4 is 23.3 Å². The number of halogens is 1. The van der Waals surface area contributed by atoms with E-state index in [-0.39, 0.29) is 17.6 Å². The third-order valence-electron chi connectivity index (χ3n) is 4.90. The summed E-state index contributed by atoms with van der Waals surface area (Å²) in [5, 5.41) is 7.97. The number of urea groups is 1. The molecular weight excluding hydrogens is 378 g/mol. The molecule has 1 aliphatic heterocycles. The summed E-state index contributed by atoms with van der Waals surface area (Å²) in [5.41, 5.74) is 1.20. The van der Waals surface area contributed by atoms with Gasteiger partial charge in [0, 0.05) is 29.7 Å². The molecule has 0 spiro atoms. The van der Waals surface area contributed by atoms with E-state index < -0.39 is 0 Å². The van der Waals surface area contributed by atoms with Gasteiger partial charge in [0.2, 0.25) is 0 Å². The van der Waals surface area contributed by atoms with Crippen molar-refractivity contribution in [1.29, 1.82) is 0 Å². The molecule has 1 saturated heterocycles. The lowest BCUT2D eigenvalue weighted by molar-refractivity contribution is 0.193. The number of rotatable bonds is 3. The second-order valence-corrected chi connectivity index (χ2v) is 7.20. The fourth-order valence-electron chi connectivity index (χ4n) is 3.36. The quantitative estimate of drug-likeness (QED) is 0.708. The summed E-state index contributed by atoms with van der Waals surface area (Å²) < 4.78 is 1.38. The van der Waals surface area contributed by atoms with Gasteiger partial charge in [0.15, 0.2) is 0 Å². The van der Waals surface area contributed by atoms with E-state index in [1.807, 2.05) is 30.3 Å². The van der Waals surface area contributed by atoms with Crippen molar-refractivity contribution < 1.29 is 4.79 Å². The number of amides is 2. The van der Waals surface area contributed by atoms with Gasteiger partial charge in [0.05, 0.1) is 5.69 Å². The molecule has 0 saturated carbocycles. The number of carbonyl (C=O) groups excluding carboxylic acids is 1. The molecule has 2 aromatic carbocycles. The van der Waals surface area contributed by atoms with Crippen LogP contribution < -0.4 is 11.0 Å². The highest BCUT2D eigenvalue weighted by molar-refractivity contribution is 6.30. The summed E-state index contributed by atoms with van der Waals surface area (Å²) in [6.45, 7) is 1.20. The Labute approximate surface area is 166 Å². The zero-order valence-corrected chi connectivity index (χ0v) is 15.9. The van der Waals surface area contributed by atoms with Gasteiger partial charge >= 0.3 is 11.7 Å². The number of carbonyl (C=O) groups is 1. The van der Waals surface area contributed by atoms with Gasteiger partial charge in [-0.2, -0.15) is 4.68 Å². The number of benzene rings is 2. The number of aromatic amines is 1. The third kappa shape index (κ3) is 3.94. The fourth-order valence-corrected chi connectivity index (χ4v) is 3.49. The monoisotopic (exact) mass is 397 g/mol. The number of anilines is 1. The summed E-state index contributed by atoms with van der Waals surface area (Å²) in [6.07, 6.45) is 1.49. The molecule has 1 aliphatic rings. The summed E-state index contributed by atoms with van der Waals surface area (Å²) in [4.78, 5) is 29.3. The molecule has 28 heavy (non-hydrogen) atoms. The van der Waals surface area contributed by atoms with Crippen molar-refractivity contribution in [3.05, 3.63) is 75.9 Å². The highest BCUT2D eigenvalue weighted by Gasteiger charge is 2.26. The molecule has 3 aromatic rings. The molecule has 2 N–H and O–H groups in total. The molecule has 0 radical (unpaired) electrons. The molecular formula is C20H20ClN5O2. The maximum atomic E-state index is 12.4. The zero-order valence-electron chi connectivity index (χ0n) is 15.1. The number of H-pyrrole nitrogens is 1. The van der Waals surface area contributed by atoms with E-state index in [0.29, 0.717) is 29.6 Å². The Morgan fingerprint density at radius 2 is 1.75 bits per heavy atom.